The summed E-state index contributed by atoms with van der Waals surface area (Å²) in [5.74, 6) is -1.05. The second-order valence-corrected chi connectivity index (χ2v) is 5.60. The first-order valence-corrected chi connectivity index (χ1v) is 7.16. The van der Waals surface area contributed by atoms with Crippen molar-refractivity contribution in [1.29, 1.82) is 0 Å². The van der Waals surface area contributed by atoms with Crippen molar-refractivity contribution < 1.29 is 14.7 Å². The van der Waals surface area contributed by atoms with Crippen molar-refractivity contribution in [2.75, 3.05) is 5.32 Å². The number of aryl methyl sites for hydroxylation is 1. The predicted molar refractivity (Wildman–Crippen MR) is 75.1 cm³/mol. The van der Waals surface area contributed by atoms with Gasteiger partial charge in [-0.2, -0.15) is 0 Å². The number of carboxylic acids is 1. The molecule has 0 spiro atoms. The number of H-pyrrole nitrogens is 1. The van der Waals surface area contributed by atoms with Gasteiger partial charge in [0.05, 0.1) is 30.0 Å². The molecule has 0 fully saturated rings. The van der Waals surface area contributed by atoms with Crippen LogP contribution in [0.1, 0.15) is 17.1 Å². The number of fused-ring (bicyclic) bond motifs is 1. The Morgan fingerprint density at radius 1 is 1.57 bits per heavy atom. The Balaban J connectivity index is 1.81. The molecule has 21 heavy (non-hydrogen) atoms. The lowest BCUT2D eigenvalue weighted by Crippen LogP contribution is -2.50. The number of imidazole rings is 1. The number of carbonyl (C=O) groups is 2. The maximum absolute atomic E-state index is 12.3. The van der Waals surface area contributed by atoms with Crippen molar-refractivity contribution in [2.45, 2.75) is 25.9 Å². The molecule has 0 saturated heterocycles. The number of aromatic nitrogens is 3. The van der Waals surface area contributed by atoms with E-state index < -0.39 is 18.0 Å². The van der Waals surface area contributed by atoms with Gasteiger partial charge in [0.25, 0.3) is 0 Å². The highest BCUT2D eigenvalue weighted by atomic mass is 32.1. The molecule has 2 amide bonds. The van der Waals surface area contributed by atoms with Crippen LogP contribution in [0.4, 0.5) is 9.93 Å². The van der Waals surface area contributed by atoms with E-state index in [0.29, 0.717) is 10.8 Å². The lowest BCUT2D eigenvalue weighted by atomic mass is 10.0. The Kier molecular flexibility index (Phi) is 3.34. The van der Waals surface area contributed by atoms with Gasteiger partial charge in [0, 0.05) is 11.8 Å². The Labute approximate surface area is 123 Å². The highest BCUT2D eigenvalue weighted by Crippen LogP contribution is 2.22. The summed E-state index contributed by atoms with van der Waals surface area (Å²) in [7, 11) is 0. The average molecular weight is 307 g/mol. The molecule has 0 bridgehead atoms. The van der Waals surface area contributed by atoms with Gasteiger partial charge in [-0.1, -0.05) is 0 Å². The van der Waals surface area contributed by atoms with E-state index >= 15 is 0 Å². The first kappa shape index (κ1) is 13.6. The number of hydrogen-bond acceptors (Lipinski definition) is 5. The third kappa shape index (κ3) is 2.59. The maximum Gasteiger partial charge on any atom is 0.326 e. The SMILES string of the molecule is Cc1csc(NC(=O)N2Cc3[nH]cnc3CC2C(=O)O)n1. The molecule has 1 atom stereocenters. The van der Waals surface area contributed by atoms with E-state index in [9.17, 15) is 14.7 Å². The third-order valence-electron chi connectivity index (χ3n) is 3.28. The highest BCUT2D eigenvalue weighted by Gasteiger charge is 2.36. The van der Waals surface area contributed by atoms with Crippen molar-refractivity contribution in [3.05, 3.63) is 28.8 Å². The van der Waals surface area contributed by atoms with Gasteiger partial charge in [0.1, 0.15) is 6.04 Å². The van der Waals surface area contributed by atoms with E-state index in [-0.39, 0.29) is 13.0 Å². The number of carbonyl (C=O) groups excluding carboxylic acids is 1. The largest absolute Gasteiger partial charge is 0.480 e. The fraction of sp³-hybridized carbons (Fsp3) is 0.333. The van der Waals surface area contributed by atoms with Crippen LogP contribution in [0.5, 0.6) is 0 Å². The molecule has 1 unspecified atom stereocenters. The molecule has 2 aromatic heterocycles. The van der Waals surface area contributed by atoms with Gasteiger partial charge >= 0.3 is 12.0 Å². The predicted octanol–water partition coefficient (Wildman–Crippen LogP) is 1.22. The molecule has 3 N–H and O–H groups in total. The van der Waals surface area contributed by atoms with Crippen LogP contribution in [0.25, 0.3) is 0 Å². The van der Waals surface area contributed by atoms with Gasteiger partial charge in [-0.05, 0) is 6.92 Å². The van der Waals surface area contributed by atoms with Crippen LogP contribution >= 0.6 is 11.3 Å². The Morgan fingerprint density at radius 2 is 2.38 bits per heavy atom. The number of hydrogen-bond donors (Lipinski definition) is 3. The molecule has 0 radical (unpaired) electrons. The molecule has 2 aromatic rings. The smallest absolute Gasteiger partial charge is 0.326 e. The van der Waals surface area contributed by atoms with E-state index in [1.165, 1.54) is 22.6 Å². The minimum atomic E-state index is -1.05. The standard InChI is InChI=1S/C12H13N5O3S/c1-6-4-21-11(15-6)16-12(20)17-3-8-7(13-5-14-8)2-9(17)10(18)19/h4-5,9H,2-3H2,1H3,(H,13,14)(H,18,19)(H,15,16,20). The Hall–Kier alpha value is -2.42. The second kappa shape index (κ2) is 5.17. The molecule has 0 saturated carbocycles. The first-order valence-electron chi connectivity index (χ1n) is 6.28. The summed E-state index contributed by atoms with van der Waals surface area (Å²) in [6, 6.07) is -1.40. The van der Waals surface area contributed by atoms with Crippen LogP contribution in [0, 0.1) is 6.92 Å². The summed E-state index contributed by atoms with van der Waals surface area (Å²) in [6.07, 6.45) is 1.70. The van der Waals surface area contributed by atoms with Crippen LogP contribution in [0.3, 0.4) is 0 Å². The quantitative estimate of drug-likeness (QED) is 0.772. The lowest BCUT2D eigenvalue weighted by Gasteiger charge is -2.31. The normalized spacial score (nSPS) is 17.4. The molecule has 9 heteroatoms. The van der Waals surface area contributed by atoms with Crippen molar-refractivity contribution in [2.24, 2.45) is 0 Å². The number of anilines is 1. The Morgan fingerprint density at radius 3 is 3.05 bits per heavy atom. The first-order chi connectivity index (χ1) is 10.0. The monoisotopic (exact) mass is 307 g/mol. The van der Waals surface area contributed by atoms with Crippen molar-refractivity contribution >= 4 is 28.5 Å². The third-order valence-corrected chi connectivity index (χ3v) is 4.15. The molecule has 0 aliphatic carbocycles. The Bertz CT molecular complexity index is 695. The summed E-state index contributed by atoms with van der Waals surface area (Å²) in [5.41, 5.74) is 2.26. The molecule has 3 heterocycles. The summed E-state index contributed by atoms with van der Waals surface area (Å²) in [5, 5.41) is 14.2. The number of aliphatic carboxylic acids is 1. The van der Waals surface area contributed by atoms with E-state index in [1.807, 2.05) is 12.3 Å². The van der Waals surface area contributed by atoms with Crippen molar-refractivity contribution in [1.82, 2.24) is 19.9 Å². The zero-order valence-corrected chi connectivity index (χ0v) is 12.0. The van der Waals surface area contributed by atoms with Gasteiger partial charge in [-0.15, -0.1) is 11.3 Å². The van der Waals surface area contributed by atoms with Crippen molar-refractivity contribution in [3.63, 3.8) is 0 Å². The number of nitrogens with zero attached hydrogens (tertiary/aromatic N) is 3. The van der Waals surface area contributed by atoms with E-state index in [1.54, 1.807) is 0 Å². The van der Waals surface area contributed by atoms with Crippen LogP contribution in [0.2, 0.25) is 0 Å². The molecular weight excluding hydrogens is 294 g/mol. The highest BCUT2D eigenvalue weighted by molar-refractivity contribution is 7.13. The van der Waals surface area contributed by atoms with E-state index in [0.717, 1.165) is 11.4 Å². The topological polar surface area (TPSA) is 111 Å². The fourth-order valence-corrected chi connectivity index (χ4v) is 2.92. The maximum atomic E-state index is 12.3. The number of nitrogens with one attached hydrogen (secondary N) is 2. The number of rotatable bonds is 2. The minimum absolute atomic E-state index is 0.183. The van der Waals surface area contributed by atoms with E-state index in [2.05, 4.69) is 20.3 Å². The van der Waals surface area contributed by atoms with Gasteiger partial charge in [-0.25, -0.2) is 19.6 Å². The van der Waals surface area contributed by atoms with Gasteiger partial charge < -0.3 is 15.0 Å². The molecule has 3 rings (SSSR count). The zero-order valence-electron chi connectivity index (χ0n) is 11.2. The fourth-order valence-electron chi connectivity index (χ4n) is 2.24. The number of thiazole rings is 1. The summed E-state index contributed by atoms with van der Waals surface area (Å²) < 4.78 is 0. The molecule has 0 aromatic carbocycles. The summed E-state index contributed by atoms with van der Waals surface area (Å²) >= 11 is 1.30. The van der Waals surface area contributed by atoms with Crippen LogP contribution in [0.15, 0.2) is 11.7 Å². The number of urea groups is 1. The van der Waals surface area contributed by atoms with Gasteiger partial charge in [0.15, 0.2) is 5.13 Å². The zero-order chi connectivity index (χ0) is 15.0. The molecule has 8 nitrogen and oxygen atoms in total. The second-order valence-electron chi connectivity index (χ2n) is 4.74. The molecule has 110 valence electrons. The van der Waals surface area contributed by atoms with E-state index in [4.69, 9.17) is 0 Å². The van der Waals surface area contributed by atoms with Crippen LogP contribution in [-0.2, 0) is 17.8 Å². The molecule has 1 aliphatic rings. The van der Waals surface area contributed by atoms with Gasteiger partial charge in [0.2, 0.25) is 0 Å². The molecular formula is C12H13N5O3S. The van der Waals surface area contributed by atoms with Crippen LogP contribution in [-0.4, -0.2) is 43.0 Å². The summed E-state index contributed by atoms with van der Waals surface area (Å²) in [6.45, 7) is 2.01. The molecule has 1 aliphatic heterocycles. The number of amides is 2. The summed E-state index contributed by atoms with van der Waals surface area (Å²) in [4.78, 5) is 36.1. The average Bonchev–Trinajstić information content (AvgIpc) is 3.05. The van der Waals surface area contributed by atoms with Gasteiger partial charge in [-0.3, -0.25) is 5.32 Å². The van der Waals surface area contributed by atoms with Crippen molar-refractivity contribution in [3.8, 4) is 0 Å². The minimum Gasteiger partial charge on any atom is -0.480 e. The number of carboxylic acid groups (broad SMARTS) is 1. The lowest BCUT2D eigenvalue weighted by molar-refractivity contribution is -0.142. The number of aromatic amines is 1. The van der Waals surface area contributed by atoms with Crippen LogP contribution < -0.4 is 5.32 Å².